The number of anilines is 1. The maximum Gasteiger partial charge on any atom is 0.328 e. The van der Waals surface area contributed by atoms with Gasteiger partial charge in [-0.3, -0.25) is 4.79 Å². The molecular weight excluding hydrogens is 276 g/mol. The molecule has 0 saturated heterocycles. The van der Waals surface area contributed by atoms with Crippen LogP contribution in [0.5, 0.6) is 0 Å². The lowest BCUT2D eigenvalue weighted by molar-refractivity contribution is -0.131. The van der Waals surface area contributed by atoms with E-state index >= 15 is 0 Å². The van der Waals surface area contributed by atoms with Gasteiger partial charge in [0.1, 0.15) is 0 Å². The highest BCUT2D eigenvalue weighted by Crippen LogP contribution is 2.24. The van der Waals surface area contributed by atoms with Gasteiger partial charge in [0.05, 0.1) is 10.7 Å². The fourth-order valence-corrected chi connectivity index (χ4v) is 2.21. The molecule has 6 heteroatoms. The third kappa shape index (κ3) is 3.76. The summed E-state index contributed by atoms with van der Waals surface area (Å²) >= 11 is 1.56. The Morgan fingerprint density at radius 2 is 2.15 bits per heavy atom. The van der Waals surface area contributed by atoms with Gasteiger partial charge in [0.15, 0.2) is 0 Å². The van der Waals surface area contributed by atoms with Crippen molar-refractivity contribution in [3.63, 3.8) is 0 Å². The van der Waals surface area contributed by atoms with E-state index in [4.69, 9.17) is 5.11 Å². The van der Waals surface area contributed by atoms with E-state index in [0.29, 0.717) is 5.69 Å². The van der Waals surface area contributed by atoms with Gasteiger partial charge in [-0.1, -0.05) is 12.1 Å². The minimum Gasteiger partial charge on any atom is -0.478 e. The summed E-state index contributed by atoms with van der Waals surface area (Å²) in [5.74, 6) is -1.65. The molecule has 0 aliphatic carbocycles. The van der Waals surface area contributed by atoms with E-state index in [-0.39, 0.29) is 0 Å². The van der Waals surface area contributed by atoms with Crippen LogP contribution in [0.3, 0.4) is 0 Å². The quantitative estimate of drug-likeness (QED) is 0.848. The number of aromatic nitrogens is 1. The zero-order valence-corrected chi connectivity index (χ0v) is 11.5. The fraction of sp³-hybridized carbons (Fsp3) is 0.0714. The number of benzene rings is 1. The predicted octanol–water partition coefficient (Wildman–Crippen LogP) is 2.70. The molecule has 1 aromatic heterocycles. The van der Waals surface area contributed by atoms with Crippen LogP contribution in [0.25, 0.3) is 11.3 Å². The Bertz CT molecular complexity index is 677. The second kappa shape index (κ2) is 6.12. The minimum atomic E-state index is -1.16. The number of nitrogens with zero attached hydrogens (tertiary/aromatic N) is 1. The molecule has 0 aliphatic heterocycles. The molecule has 1 heterocycles. The Morgan fingerprint density at radius 3 is 2.80 bits per heavy atom. The number of amides is 1. The van der Waals surface area contributed by atoms with Gasteiger partial charge >= 0.3 is 5.97 Å². The lowest BCUT2D eigenvalue weighted by Crippen LogP contribution is -2.08. The van der Waals surface area contributed by atoms with Crippen molar-refractivity contribution in [1.82, 2.24) is 4.98 Å². The van der Waals surface area contributed by atoms with Crippen LogP contribution in [0, 0.1) is 6.92 Å². The van der Waals surface area contributed by atoms with Crippen LogP contribution in [0.4, 0.5) is 5.69 Å². The van der Waals surface area contributed by atoms with Crippen molar-refractivity contribution in [1.29, 1.82) is 0 Å². The second-order valence-electron chi connectivity index (χ2n) is 3.99. The van der Waals surface area contributed by atoms with Crippen LogP contribution in [0.15, 0.2) is 41.8 Å². The molecule has 102 valence electrons. The van der Waals surface area contributed by atoms with Crippen LogP contribution in [0.1, 0.15) is 5.01 Å². The third-order valence-electron chi connectivity index (χ3n) is 2.42. The van der Waals surface area contributed by atoms with E-state index in [2.05, 4.69) is 10.3 Å². The van der Waals surface area contributed by atoms with E-state index in [1.807, 2.05) is 18.4 Å². The zero-order valence-electron chi connectivity index (χ0n) is 10.7. The fourth-order valence-electron chi connectivity index (χ4n) is 1.58. The van der Waals surface area contributed by atoms with E-state index in [1.165, 1.54) is 0 Å². The van der Waals surface area contributed by atoms with Crippen molar-refractivity contribution in [2.24, 2.45) is 0 Å². The molecule has 2 N–H and O–H groups in total. The number of hydrogen-bond donors (Lipinski definition) is 2. The number of carboxylic acids is 1. The Kier molecular flexibility index (Phi) is 4.27. The molecule has 5 nitrogen and oxygen atoms in total. The Balaban J connectivity index is 2.14. The van der Waals surface area contributed by atoms with E-state index < -0.39 is 11.9 Å². The standard InChI is InChI=1S/C14H12N2O3S/c1-9-15-12(8-20-9)10-3-2-4-11(7-10)16-13(17)5-6-14(18)19/h2-8H,1H3,(H,16,17)(H,18,19)/b6-5-. The van der Waals surface area contributed by atoms with Gasteiger partial charge in [-0.15, -0.1) is 11.3 Å². The first-order valence-corrected chi connectivity index (χ1v) is 6.67. The van der Waals surface area contributed by atoms with Crippen LogP contribution >= 0.6 is 11.3 Å². The van der Waals surface area contributed by atoms with Crippen molar-refractivity contribution in [2.75, 3.05) is 5.32 Å². The first kappa shape index (κ1) is 14.0. The summed E-state index contributed by atoms with van der Waals surface area (Å²) < 4.78 is 0. The lowest BCUT2D eigenvalue weighted by atomic mass is 10.1. The van der Waals surface area contributed by atoms with Crippen molar-refractivity contribution in [3.8, 4) is 11.3 Å². The summed E-state index contributed by atoms with van der Waals surface area (Å²) in [4.78, 5) is 26.2. The molecule has 0 saturated carbocycles. The van der Waals surface area contributed by atoms with Crippen LogP contribution in [0.2, 0.25) is 0 Å². The summed E-state index contributed by atoms with van der Waals surface area (Å²) in [6.07, 6.45) is 1.77. The summed E-state index contributed by atoms with van der Waals surface area (Å²) in [6.45, 7) is 1.93. The highest BCUT2D eigenvalue weighted by Gasteiger charge is 2.04. The van der Waals surface area contributed by atoms with Gasteiger partial charge in [0, 0.05) is 28.8 Å². The van der Waals surface area contributed by atoms with Gasteiger partial charge in [0.25, 0.3) is 0 Å². The monoisotopic (exact) mass is 288 g/mol. The normalized spacial score (nSPS) is 10.7. The minimum absolute atomic E-state index is 0.487. The summed E-state index contributed by atoms with van der Waals surface area (Å²) in [5.41, 5.74) is 2.34. The number of rotatable bonds is 4. The lowest BCUT2D eigenvalue weighted by Gasteiger charge is -2.04. The maximum absolute atomic E-state index is 11.5. The number of aryl methyl sites for hydroxylation is 1. The van der Waals surface area contributed by atoms with Crippen LogP contribution in [-0.2, 0) is 9.59 Å². The van der Waals surface area contributed by atoms with Crippen LogP contribution in [-0.4, -0.2) is 22.0 Å². The highest BCUT2D eigenvalue weighted by molar-refractivity contribution is 7.09. The summed E-state index contributed by atoms with van der Waals surface area (Å²) in [6, 6.07) is 7.23. The van der Waals surface area contributed by atoms with Crippen molar-refractivity contribution in [3.05, 3.63) is 46.8 Å². The van der Waals surface area contributed by atoms with Crippen molar-refractivity contribution in [2.45, 2.75) is 6.92 Å². The molecule has 0 fully saturated rings. The Morgan fingerprint density at radius 1 is 1.35 bits per heavy atom. The molecule has 2 rings (SSSR count). The first-order chi connectivity index (χ1) is 9.54. The average molecular weight is 288 g/mol. The van der Waals surface area contributed by atoms with Gasteiger partial charge in [-0.25, -0.2) is 9.78 Å². The average Bonchev–Trinajstić information content (AvgIpc) is 2.83. The van der Waals surface area contributed by atoms with Crippen molar-refractivity contribution < 1.29 is 14.7 Å². The third-order valence-corrected chi connectivity index (χ3v) is 3.20. The molecule has 0 atom stereocenters. The highest BCUT2D eigenvalue weighted by atomic mass is 32.1. The molecule has 0 bridgehead atoms. The molecule has 1 aromatic carbocycles. The van der Waals surface area contributed by atoms with Gasteiger partial charge < -0.3 is 10.4 Å². The van der Waals surface area contributed by atoms with Gasteiger partial charge in [0.2, 0.25) is 5.91 Å². The number of hydrogen-bond acceptors (Lipinski definition) is 4. The molecule has 2 aromatic rings. The number of carbonyl (C=O) groups is 2. The summed E-state index contributed by atoms with van der Waals surface area (Å²) in [7, 11) is 0. The van der Waals surface area contributed by atoms with Crippen LogP contribution < -0.4 is 5.32 Å². The first-order valence-electron chi connectivity index (χ1n) is 5.79. The molecule has 0 unspecified atom stereocenters. The van der Waals surface area contributed by atoms with E-state index in [9.17, 15) is 9.59 Å². The van der Waals surface area contributed by atoms with E-state index in [0.717, 1.165) is 28.4 Å². The predicted molar refractivity (Wildman–Crippen MR) is 77.7 cm³/mol. The molecule has 0 spiro atoms. The number of carboxylic acid groups (broad SMARTS) is 1. The number of thiazole rings is 1. The smallest absolute Gasteiger partial charge is 0.328 e. The molecule has 0 aliphatic rings. The topological polar surface area (TPSA) is 79.3 Å². The molecular formula is C14H12N2O3S. The molecule has 1 amide bonds. The van der Waals surface area contributed by atoms with Gasteiger partial charge in [-0.05, 0) is 19.1 Å². The summed E-state index contributed by atoms with van der Waals surface area (Å²) in [5, 5.41) is 14.0. The Labute approximate surface area is 119 Å². The number of nitrogens with one attached hydrogen (secondary N) is 1. The number of carbonyl (C=O) groups excluding carboxylic acids is 1. The van der Waals surface area contributed by atoms with Crippen molar-refractivity contribution >= 4 is 28.9 Å². The zero-order chi connectivity index (χ0) is 14.5. The maximum atomic E-state index is 11.5. The SMILES string of the molecule is Cc1nc(-c2cccc(NC(=O)/C=C\C(=O)O)c2)cs1. The largest absolute Gasteiger partial charge is 0.478 e. The Hall–Kier alpha value is -2.47. The number of aliphatic carboxylic acids is 1. The molecule has 20 heavy (non-hydrogen) atoms. The second-order valence-corrected chi connectivity index (χ2v) is 5.06. The van der Waals surface area contributed by atoms with Gasteiger partial charge in [-0.2, -0.15) is 0 Å². The van der Waals surface area contributed by atoms with E-state index in [1.54, 1.807) is 29.5 Å². The molecule has 0 radical (unpaired) electrons.